The van der Waals surface area contributed by atoms with Gasteiger partial charge >= 0.3 is 5.69 Å². The monoisotopic (exact) mass is 287 g/mol. The summed E-state index contributed by atoms with van der Waals surface area (Å²) in [7, 11) is 0. The second-order valence-corrected chi connectivity index (χ2v) is 5.29. The summed E-state index contributed by atoms with van der Waals surface area (Å²) in [5.41, 5.74) is 1.26. The van der Waals surface area contributed by atoms with Crippen LogP contribution in [0.2, 0.25) is 0 Å². The third-order valence-electron chi connectivity index (χ3n) is 4.03. The third kappa shape index (κ3) is 2.67. The number of benzene rings is 1. The number of fused-ring (bicyclic) bond motifs is 1. The summed E-state index contributed by atoms with van der Waals surface area (Å²) >= 11 is 0. The van der Waals surface area contributed by atoms with Crippen molar-refractivity contribution in [2.45, 2.75) is 19.4 Å². The Labute approximate surface area is 122 Å². The van der Waals surface area contributed by atoms with E-state index in [2.05, 4.69) is 10.3 Å². The van der Waals surface area contributed by atoms with Gasteiger partial charge in [0.05, 0.1) is 21.9 Å². The minimum Gasteiger partial charge on any atom is -0.379 e. The lowest BCUT2D eigenvalue weighted by Crippen LogP contribution is -2.21. The van der Waals surface area contributed by atoms with Crippen molar-refractivity contribution in [3.63, 3.8) is 0 Å². The van der Waals surface area contributed by atoms with Crippen molar-refractivity contribution < 1.29 is 9.66 Å². The summed E-state index contributed by atoms with van der Waals surface area (Å²) in [6, 6.07) is 6.98. The molecule has 1 aliphatic rings. The Morgan fingerprint density at radius 2 is 2.33 bits per heavy atom. The van der Waals surface area contributed by atoms with Crippen LogP contribution in [0.4, 0.5) is 11.4 Å². The molecule has 3 rings (SSSR count). The lowest BCUT2D eigenvalue weighted by Gasteiger charge is -2.16. The van der Waals surface area contributed by atoms with Crippen molar-refractivity contribution in [2.75, 3.05) is 18.5 Å². The van der Waals surface area contributed by atoms with Gasteiger partial charge in [-0.25, -0.2) is 0 Å². The Morgan fingerprint density at radius 3 is 3.05 bits per heavy atom. The van der Waals surface area contributed by atoms with Crippen molar-refractivity contribution in [1.29, 1.82) is 0 Å². The summed E-state index contributed by atoms with van der Waals surface area (Å²) in [5, 5.41) is 15.2. The fourth-order valence-electron chi connectivity index (χ4n) is 2.76. The molecule has 2 unspecified atom stereocenters. The highest BCUT2D eigenvalue weighted by molar-refractivity contribution is 5.94. The zero-order valence-corrected chi connectivity index (χ0v) is 11.8. The maximum atomic E-state index is 11.4. The van der Waals surface area contributed by atoms with Crippen LogP contribution in [-0.2, 0) is 4.74 Å². The molecule has 2 aromatic rings. The molecule has 1 aliphatic heterocycles. The second-order valence-electron chi connectivity index (χ2n) is 5.29. The zero-order valence-electron chi connectivity index (χ0n) is 11.8. The molecule has 0 saturated carbocycles. The average molecular weight is 287 g/mol. The van der Waals surface area contributed by atoms with E-state index in [4.69, 9.17) is 4.74 Å². The molecule has 21 heavy (non-hydrogen) atoms. The smallest absolute Gasteiger partial charge is 0.301 e. The van der Waals surface area contributed by atoms with Crippen LogP contribution in [0.3, 0.4) is 0 Å². The normalized spacial score (nSPS) is 21.6. The molecule has 0 aliphatic carbocycles. The van der Waals surface area contributed by atoms with Gasteiger partial charge in [0.15, 0.2) is 0 Å². The first-order chi connectivity index (χ1) is 10.2. The van der Waals surface area contributed by atoms with Gasteiger partial charge in [-0.1, -0.05) is 0 Å². The number of pyridine rings is 1. The van der Waals surface area contributed by atoms with Crippen molar-refractivity contribution in [1.82, 2.24) is 4.98 Å². The van der Waals surface area contributed by atoms with E-state index >= 15 is 0 Å². The Balaban J connectivity index is 1.90. The quantitative estimate of drug-likeness (QED) is 0.691. The number of nitrogens with zero attached hydrogens (tertiary/aromatic N) is 2. The van der Waals surface area contributed by atoms with Gasteiger partial charge in [0.2, 0.25) is 0 Å². The number of anilines is 1. The lowest BCUT2D eigenvalue weighted by atomic mass is 10.0. The maximum Gasteiger partial charge on any atom is 0.301 e. The van der Waals surface area contributed by atoms with Gasteiger partial charge in [0.1, 0.15) is 5.69 Å². The maximum absolute atomic E-state index is 11.4. The van der Waals surface area contributed by atoms with Crippen molar-refractivity contribution in [3.8, 4) is 0 Å². The van der Waals surface area contributed by atoms with Crippen molar-refractivity contribution in [3.05, 3.63) is 40.6 Å². The molecule has 2 atom stereocenters. The minimum absolute atomic E-state index is 0.0900. The standard InChI is InChI=1S/C15H17N3O3/c1-10-11(6-8-21-10)9-17-14-5-4-13-12(3-2-7-16-13)15(14)18(19)20/h2-5,7,10-11,17H,6,8-9H2,1H3. The molecule has 0 spiro atoms. The first-order valence-corrected chi connectivity index (χ1v) is 7.04. The molecule has 2 heterocycles. The second kappa shape index (κ2) is 5.65. The van der Waals surface area contributed by atoms with Gasteiger partial charge in [-0.3, -0.25) is 15.1 Å². The molecule has 1 aromatic carbocycles. The van der Waals surface area contributed by atoms with Crippen LogP contribution in [0.5, 0.6) is 0 Å². The van der Waals surface area contributed by atoms with Crippen LogP contribution in [0.25, 0.3) is 10.9 Å². The largest absolute Gasteiger partial charge is 0.379 e. The molecule has 0 radical (unpaired) electrons. The first kappa shape index (κ1) is 13.8. The van der Waals surface area contributed by atoms with E-state index in [0.29, 0.717) is 29.1 Å². The van der Waals surface area contributed by atoms with E-state index in [-0.39, 0.29) is 16.7 Å². The van der Waals surface area contributed by atoms with E-state index in [1.54, 1.807) is 30.5 Å². The summed E-state index contributed by atoms with van der Waals surface area (Å²) in [6.45, 7) is 3.48. The number of rotatable bonds is 4. The van der Waals surface area contributed by atoms with Gasteiger partial charge in [-0.05, 0) is 37.6 Å². The average Bonchev–Trinajstić information content (AvgIpc) is 2.89. The van der Waals surface area contributed by atoms with Crippen LogP contribution >= 0.6 is 0 Å². The predicted molar refractivity (Wildman–Crippen MR) is 80.4 cm³/mol. The molecule has 0 amide bonds. The lowest BCUT2D eigenvalue weighted by molar-refractivity contribution is -0.382. The molecular weight excluding hydrogens is 270 g/mol. The Bertz CT molecular complexity index is 674. The molecule has 1 saturated heterocycles. The number of nitrogens with one attached hydrogen (secondary N) is 1. The number of hydrogen-bond acceptors (Lipinski definition) is 5. The highest BCUT2D eigenvalue weighted by atomic mass is 16.6. The van der Waals surface area contributed by atoms with E-state index in [1.165, 1.54) is 0 Å². The first-order valence-electron chi connectivity index (χ1n) is 7.04. The van der Waals surface area contributed by atoms with E-state index in [1.807, 2.05) is 6.92 Å². The molecule has 1 N–H and O–H groups in total. The van der Waals surface area contributed by atoms with Crippen molar-refractivity contribution >= 4 is 22.3 Å². The van der Waals surface area contributed by atoms with Gasteiger partial charge in [0, 0.05) is 25.3 Å². The SMILES string of the molecule is CC1OCCC1CNc1ccc2ncccc2c1[N+](=O)[O-]. The van der Waals surface area contributed by atoms with Gasteiger partial charge < -0.3 is 10.1 Å². The fourth-order valence-corrected chi connectivity index (χ4v) is 2.76. The number of ether oxygens (including phenoxy) is 1. The van der Waals surface area contributed by atoms with Gasteiger partial charge in [-0.2, -0.15) is 0 Å². The predicted octanol–water partition coefficient (Wildman–Crippen LogP) is 2.98. The van der Waals surface area contributed by atoms with Crippen LogP contribution in [0.1, 0.15) is 13.3 Å². The molecule has 0 bridgehead atoms. The number of hydrogen-bond donors (Lipinski definition) is 1. The fraction of sp³-hybridized carbons (Fsp3) is 0.400. The van der Waals surface area contributed by atoms with Crippen LogP contribution in [0, 0.1) is 16.0 Å². The summed E-state index contributed by atoms with van der Waals surface area (Å²) in [4.78, 5) is 15.2. The number of nitro groups is 1. The molecular formula is C15H17N3O3. The van der Waals surface area contributed by atoms with Crippen molar-refractivity contribution in [2.24, 2.45) is 5.92 Å². The molecule has 1 fully saturated rings. The molecule has 110 valence electrons. The van der Waals surface area contributed by atoms with E-state index < -0.39 is 0 Å². The highest BCUT2D eigenvalue weighted by Gasteiger charge is 2.25. The summed E-state index contributed by atoms with van der Waals surface area (Å²) in [6.07, 6.45) is 2.81. The molecule has 6 nitrogen and oxygen atoms in total. The Morgan fingerprint density at radius 1 is 1.48 bits per heavy atom. The molecule has 6 heteroatoms. The molecule has 1 aromatic heterocycles. The van der Waals surface area contributed by atoms with Gasteiger partial charge in [0.25, 0.3) is 0 Å². The Kier molecular flexibility index (Phi) is 3.70. The zero-order chi connectivity index (χ0) is 14.8. The van der Waals surface area contributed by atoms with Crippen LogP contribution < -0.4 is 5.32 Å². The van der Waals surface area contributed by atoms with E-state index in [0.717, 1.165) is 13.0 Å². The van der Waals surface area contributed by atoms with Gasteiger partial charge in [-0.15, -0.1) is 0 Å². The minimum atomic E-state index is -0.346. The van der Waals surface area contributed by atoms with Crippen LogP contribution in [-0.4, -0.2) is 29.2 Å². The third-order valence-corrected chi connectivity index (χ3v) is 4.03. The highest BCUT2D eigenvalue weighted by Crippen LogP contribution is 2.33. The van der Waals surface area contributed by atoms with E-state index in [9.17, 15) is 10.1 Å². The number of nitro benzene ring substituents is 1. The summed E-state index contributed by atoms with van der Waals surface area (Å²) in [5.74, 6) is 0.384. The number of aromatic nitrogens is 1. The Hall–Kier alpha value is -2.21. The topological polar surface area (TPSA) is 77.3 Å². The summed E-state index contributed by atoms with van der Waals surface area (Å²) < 4.78 is 5.52. The van der Waals surface area contributed by atoms with Crippen LogP contribution in [0.15, 0.2) is 30.5 Å².